The molecule has 0 fully saturated rings. The Morgan fingerprint density at radius 1 is 1.36 bits per heavy atom. The highest BCUT2D eigenvalue weighted by atomic mass is 16.3. The van der Waals surface area contributed by atoms with Crippen LogP contribution in [0.1, 0.15) is 34.1 Å². The summed E-state index contributed by atoms with van der Waals surface area (Å²) < 4.78 is 0. The maximum absolute atomic E-state index is 11.2. The first kappa shape index (κ1) is 10.6. The summed E-state index contributed by atoms with van der Waals surface area (Å²) in [6.45, 7) is 7.49. The van der Waals surface area contributed by atoms with Crippen molar-refractivity contribution in [1.29, 1.82) is 0 Å². The van der Waals surface area contributed by atoms with Crippen molar-refractivity contribution in [2.75, 3.05) is 0 Å². The molecule has 0 aliphatic carbocycles. The Morgan fingerprint density at radius 2 is 1.82 bits per heavy atom. The van der Waals surface area contributed by atoms with Crippen molar-refractivity contribution in [3.8, 4) is 0 Å². The third kappa shape index (κ3) is 3.02. The average Bonchev–Trinajstić information content (AvgIpc) is 2.00. The monoisotopic (exact) mass is 158 g/mol. The third-order valence-corrected chi connectivity index (χ3v) is 2.04. The summed E-state index contributed by atoms with van der Waals surface area (Å²) in [5, 5.41) is 9.41. The van der Waals surface area contributed by atoms with E-state index >= 15 is 0 Å². The van der Waals surface area contributed by atoms with Gasteiger partial charge in [-0.25, -0.2) is 0 Å². The first-order chi connectivity index (χ1) is 5.00. The summed E-state index contributed by atoms with van der Waals surface area (Å²) in [5.41, 5.74) is 0. The van der Waals surface area contributed by atoms with Crippen LogP contribution in [0.15, 0.2) is 0 Å². The minimum atomic E-state index is -0.764. The molecule has 2 nitrogen and oxygen atoms in total. The molecule has 0 bridgehead atoms. The van der Waals surface area contributed by atoms with E-state index in [-0.39, 0.29) is 17.6 Å². The highest BCUT2D eigenvalue weighted by Crippen LogP contribution is 2.11. The van der Waals surface area contributed by atoms with Crippen LogP contribution in [0.3, 0.4) is 0 Å². The van der Waals surface area contributed by atoms with Gasteiger partial charge in [0.15, 0.2) is 5.78 Å². The average molecular weight is 158 g/mol. The lowest BCUT2D eigenvalue weighted by atomic mass is 9.93. The topological polar surface area (TPSA) is 37.3 Å². The van der Waals surface area contributed by atoms with E-state index < -0.39 is 6.10 Å². The molecule has 0 heterocycles. The van der Waals surface area contributed by atoms with Crippen molar-refractivity contribution in [3.63, 3.8) is 0 Å². The quantitative estimate of drug-likeness (QED) is 0.675. The van der Waals surface area contributed by atoms with Crippen LogP contribution in [-0.4, -0.2) is 17.0 Å². The van der Waals surface area contributed by atoms with Gasteiger partial charge in [-0.15, -0.1) is 0 Å². The van der Waals surface area contributed by atoms with E-state index in [4.69, 9.17) is 0 Å². The Hall–Kier alpha value is -0.370. The Kier molecular flexibility index (Phi) is 4.34. The van der Waals surface area contributed by atoms with Crippen molar-refractivity contribution in [2.45, 2.75) is 40.2 Å². The van der Waals surface area contributed by atoms with E-state index in [0.29, 0.717) is 0 Å². The van der Waals surface area contributed by atoms with Crippen LogP contribution in [0.5, 0.6) is 0 Å². The molecule has 0 amide bonds. The predicted molar refractivity (Wildman–Crippen MR) is 45.3 cm³/mol. The van der Waals surface area contributed by atoms with Gasteiger partial charge in [0.05, 0.1) is 0 Å². The van der Waals surface area contributed by atoms with E-state index in [1.54, 1.807) is 0 Å². The van der Waals surface area contributed by atoms with Crippen molar-refractivity contribution in [1.82, 2.24) is 0 Å². The van der Waals surface area contributed by atoms with Crippen molar-refractivity contribution in [2.24, 2.45) is 11.8 Å². The minimum Gasteiger partial charge on any atom is -0.385 e. The van der Waals surface area contributed by atoms with E-state index in [9.17, 15) is 9.90 Å². The van der Waals surface area contributed by atoms with Crippen LogP contribution >= 0.6 is 0 Å². The van der Waals surface area contributed by atoms with Gasteiger partial charge in [0.1, 0.15) is 6.10 Å². The number of rotatable bonds is 4. The van der Waals surface area contributed by atoms with Gasteiger partial charge in [-0.2, -0.15) is 0 Å². The van der Waals surface area contributed by atoms with Crippen LogP contribution in [-0.2, 0) is 4.79 Å². The molecule has 11 heavy (non-hydrogen) atoms. The molecule has 0 aliphatic rings. The molecule has 0 unspecified atom stereocenters. The zero-order valence-electron chi connectivity index (χ0n) is 7.79. The van der Waals surface area contributed by atoms with Gasteiger partial charge in [0.25, 0.3) is 0 Å². The Balaban J connectivity index is 4.02. The number of carbonyl (C=O) groups excluding carboxylic acids is 1. The SMILES string of the molecule is CC[C@H](C)[C@H](O)C(=O)C(C)C. The van der Waals surface area contributed by atoms with Crippen LogP contribution < -0.4 is 0 Å². The lowest BCUT2D eigenvalue weighted by Crippen LogP contribution is -2.30. The van der Waals surface area contributed by atoms with Gasteiger partial charge in [0.2, 0.25) is 0 Å². The second-order valence-corrected chi connectivity index (χ2v) is 3.39. The maximum Gasteiger partial charge on any atom is 0.164 e. The second kappa shape index (κ2) is 4.50. The largest absolute Gasteiger partial charge is 0.385 e. The Morgan fingerprint density at radius 3 is 2.09 bits per heavy atom. The van der Waals surface area contributed by atoms with Gasteiger partial charge < -0.3 is 5.11 Å². The normalized spacial score (nSPS) is 16.5. The van der Waals surface area contributed by atoms with Crippen LogP contribution in [0.2, 0.25) is 0 Å². The molecular weight excluding hydrogens is 140 g/mol. The molecule has 0 aromatic carbocycles. The Bertz CT molecular complexity index is 130. The zero-order chi connectivity index (χ0) is 9.02. The first-order valence-corrected chi connectivity index (χ1v) is 4.22. The van der Waals surface area contributed by atoms with Crippen LogP contribution in [0, 0.1) is 11.8 Å². The maximum atomic E-state index is 11.2. The minimum absolute atomic E-state index is 0.0423. The van der Waals surface area contributed by atoms with E-state index in [0.717, 1.165) is 6.42 Å². The number of hydrogen-bond acceptors (Lipinski definition) is 2. The fraction of sp³-hybridized carbons (Fsp3) is 0.889. The fourth-order valence-electron chi connectivity index (χ4n) is 0.845. The summed E-state index contributed by atoms with van der Waals surface area (Å²) in [4.78, 5) is 11.2. The molecule has 2 heteroatoms. The van der Waals surface area contributed by atoms with Crippen molar-refractivity contribution < 1.29 is 9.90 Å². The standard InChI is InChI=1S/C9H18O2/c1-5-7(4)9(11)8(10)6(2)3/h6-7,9,11H,5H2,1-4H3/t7-,9-/m0/s1. The van der Waals surface area contributed by atoms with Crippen molar-refractivity contribution >= 4 is 5.78 Å². The Labute approximate surface area is 68.6 Å². The van der Waals surface area contributed by atoms with Crippen molar-refractivity contribution in [3.05, 3.63) is 0 Å². The van der Waals surface area contributed by atoms with Gasteiger partial charge >= 0.3 is 0 Å². The molecule has 2 atom stereocenters. The molecule has 0 spiro atoms. The number of hydrogen-bond donors (Lipinski definition) is 1. The molecule has 0 saturated heterocycles. The summed E-state index contributed by atoms with van der Waals surface area (Å²) in [6, 6.07) is 0. The molecule has 1 N–H and O–H groups in total. The summed E-state index contributed by atoms with van der Waals surface area (Å²) in [5.74, 6) is -0.0109. The fourth-order valence-corrected chi connectivity index (χ4v) is 0.845. The molecular formula is C9H18O2. The molecule has 0 aliphatic heterocycles. The van der Waals surface area contributed by atoms with E-state index in [1.165, 1.54) is 0 Å². The lowest BCUT2D eigenvalue weighted by Gasteiger charge is -2.17. The van der Waals surface area contributed by atoms with Gasteiger partial charge in [-0.05, 0) is 5.92 Å². The first-order valence-electron chi connectivity index (χ1n) is 4.22. The molecule has 0 radical (unpaired) electrons. The van der Waals surface area contributed by atoms with E-state index in [2.05, 4.69) is 0 Å². The van der Waals surface area contributed by atoms with E-state index in [1.807, 2.05) is 27.7 Å². The van der Waals surface area contributed by atoms with Gasteiger partial charge in [0, 0.05) is 5.92 Å². The second-order valence-electron chi connectivity index (χ2n) is 3.39. The number of carbonyl (C=O) groups is 1. The summed E-state index contributed by atoms with van der Waals surface area (Å²) >= 11 is 0. The molecule has 0 aromatic rings. The molecule has 66 valence electrons. The number of aliphatic hydroxyl groups is 1. The molecule has 0 aromatic heterocycles. The number of ketones is 1. The highest BCUT2D eigenvalue weighted by Gasteiger charge is 2.22. The predicted octanol–water partition coefficient (Wildman–Crippen LogP) is 1.62. The van der Waals surface area contributed by atoms with Gasteiger partial charge in [-0.3, -0.25) is 4.79 Å². The molecule has 0 saturated carbocycles. The zero-order valence-corrected chi connectivity index (χ0v) is 7.79. The number of aliphatic hydroxyl groups excluding tert-OH is 1. The lowest BCUT2D eigenvalue weighted by molar-refractivity contribution is -0.132. The highest BCUT2D eigenvalue weighted by molar-refractivity contribution is 5.84. The van der Waals surface area contributed by atoms with Crippen LogP contribution in [0.4, 0.5) is 0 Å². The van der Waals surface area contributed by atoms with Gasteiger partial charge in [-0.1, -0.05) is 34.1 Å². The summed E-state index contributed by atoms with van der Waals surface area (Å²) in [7, 11) is 0. The smallest absolute Gasteiger partial charge is 0.164 e. The number of Topliss-reactive ketones (excluding diaryl/α,β-unsaturated/α-hetero) is 1. The summed E-state index contributed by atoms with van der Waals surface area (Å²) in [6.07, 6.45) is 0.0830. The third-order valence-electron chi connectivity index (χ3n) is 2.04. The van der Waals surface area contributed by atoms with Crippen LogP contribution in [0.25, 0.3) is 0 Å². The molecule has 0 rings (SSSR count).